The van der Waals surface area contributed by atoms with Gasteiger partial charge in [0.15, 0.2) is 11.7 Å². The van der Waals surface area contributed by atoms with Crippen molar-refractivity contribution < 1.29 is 14.5 Å². The number of carbonyl (C=O) groups excluding carboxylic acids is 1. The van der Waals surface area contributed by atoms with Gasteiger partial charge < -0.3 is 15.4 Å². The molecule has 1 aromatic rings. The van der Waals surface area contributed by atoms with Gasteiger partial charge in [-0.15, -0.1) is 0 Å². The number of benzene rings is 1. The Bertz CT molecular complexity index is 549. The molecule has 0 aliphatic carbocycles. The summed E-state index contributed by atoms with van der Waals surface area (Å²) in [5.74, 6) is 0.00221. The highest BCUT2D eigenvalue weighted by molar-refractivity contribution is 7.80. The summed E-state index contributed by atoms with van der Waals surface area (Å²) in [7, 11) is 0. The first-order valence-electron chi connectivity index (χ1n) is 7.98. The Labute approximate surface area is 146 Å². The van der Waals surface area contributed by atoms with Gasteiger partial charge in [0.05, 0.1) is 4.92 Å². The van der Waals surface area contributed by atoms with Crippen LogP contribution in [0.25, 0.3) is 0 Å². The molecule has 2 N–H and O–H groups in total. The number of nitrogens with zero attached hydrogens (tertiary/aromatic N) is 1. The van der Waals surface area contributed by atoms with E-state index in [-0.39, 0.29) is 23.3 Å². The van der Waals surface area contributed by atoms with Gasteiger partial charge in [0.25, 0.3) is 11.6 Å². The number of unbranched alkanes of at least 4 members (excludes halogenated alkanes) is 4. The zero-order valence-corrected chi connectivity index (χ0v) is 14.6. The van der Waals surface area contributed by atoms with E-state index in [0.717, 1.165) is 19.4 Å². The van der Waals surface area contributed by atoms with Crippen molar-refractivity contribution in [3.8, 4) is 5.75 Å². The van der Waals surface area contributed by atoms with Crippen LogP contribution in [0.4, 0.5) is 5.69 Å². The second-order valence-electron chi connectivity index (χ2n) is 5.26. The topological polar surface area (TPSA) is 93.5 Å². The van der Waals surface area contributed by atoms with Crippen LogP contribution in [0.15, 0.2) is 24.3 Å². The van der Waals surface area contributed by atoms with E-state index in [2.05, 4.69) is 17.6 Å². The van der Waals surface area contributed by atoms with Gasteiger partial charge >= 0.3 is 0 Å². The summed E-state index contributed by atoms with van der Waals surface area (Å²) in [6.45, 7) is 2.68. The minimum absolute atomic E-state index is 0.0314. The quantitative estimate of drug-likeness (QED) is 0.291. The molecular formula is C16H23N3O4S. The van der Waals surface area contributed by atoms with Gasteiger partial charge in [0.2, 0.25) is 0 Å². The van der Waals surface area contributed by atoms with E-state index < -0.39 is 4.92 Å². The lowest BCUT2D eigenvalue weighted by Crippen LogP contribution is -2.41. The molecule has 0 radical (unpaired) electrons. The first kappa shape index (κ1) is 19.8. The van der Waals surface area contributed by atoms with Crippen LogP contribution in [0, 0.1) is 10.1 Å². The van der Waals surface area contributed by atoms with E-state index in [4.69, 9.17) is 17.0 Å². The van der Waals surface area contributed by atoms with Crippen LogP contribution in [-0.2, 0) is 4.79 Å². The third-order valence-electron chi connectivity index (χ3n) is 3.24. The number of non-ortho nitro benzene ring substituents is 1. The highest BCUT2D eigenvalue weighted by atomic mass is 32.1. The van der Waals surface area contributed by atoms with Crippen molar-refractivity contribution in [2.24, 2.45) is 0 Å². The van der Waals surface area contributed by atoms with Crippen LogP contribution in [0.2, 0.25) is 0 Å². The summed E-state index contributed by atoms with van der Waals surface area (Å²) in [6, 6.07) is 5.52. The van der Waals surface area contributed by atoms with E-state index in [0.29, 0.717) is 5.75 Å². The SMILES string of the molecule is CCCCCCCNC(=S)NC(=O)COc1ccc([N+](=O)[O-])cc1. The third-order valence-corrected chi connectivity index (χ3v) is 3.48. The molecule has 0 fully saturated rings. The molecule has 0 saturated carbocycles. The summed E-state index contributed by atoms with van der Waals surface area (Å²) in [5, 5.41) is 16.3. The molecule has 0 spiro atoms. The molecule has 1 amide bonds. The van der Waals surface area contributed by atoms with E-state index in [1.165, 1.54) is 43.5 Å². The van der Waals surface area contributed by atoms with Crippen molar-refractivity contribution >= 4 is 28.9 Å². The Morgan fingerprint density at radius 3 is 2.50 bits per heavy atom. The van der Waals surface area contributed by atoms with Gasteiger partial charge in [0, 0.05) is 18.7 Å². The fourth-order valence-electron chi connectivity index (χ4n) is 1.95. The Balaban J connectivity index is 2.18. The smallest absolute Gasteiger partial charge is 0.269 e. The molecule has 0 saturated heterocycles. The van der Waals surface area contributed by atoms with Crippen molar-refractivity contribution in [3.63, 3.8) is 0 Å². The largest absolute Gasteiger partial charge is 0.484 e. The molecule has 1 rings (SSSR count). The van der Waals surface area contributed by atoms with Crippen molar-refractivity contribution in [2.75, 3.05) is 13.2 Å². The normalized spacial score (nSPS) is 10.0. The first-order valence-corrected chi connectivity index (χ1v) is 8.38. The van der Waals surface area contributed by atoms with Crippen molar-refractivity contribution in [1.29, 1.82) is 0 Å². The predicted molar refractivity (Wildman–Crippen MR) is 96.1 cm³/mol. The summed E-state index contributed by atoms with van der Waals surface area (Å²) >= 11 is 5.03. The number of carbonyl (C=O) groups is 1. The van der Waals surface area contributed by atoms with Crippen molar-refractivity contribution in [3.05, 3.63) is 34.4 Å². The minimum Gasteiger partial charge on any atom is -0.484 e. The number of hydrogen-bond acceptors (Lipinski definition) is 5. The van der Waals surface area contributed by atoms with E-state index >= 15 is 0 Å². The number of nitro benzene ring substituents is 1. The molecule has 0 bridgehead atoms. The Morgan fingerprint density at radius 2 is 1.88 bits per heavy atom. The van der Waals surface area contributed by atoms with Crippen LogP contribution >= 0.6 is 12.2 Å². The average Bonchev–Trinajstić information content (AvgIpc) is 2.56. The molecule has 0 unspecified atom stereocenters. The predicted octanol–water partition coefficient (Wildman–Crippen LogP) is 2.93. The number of nitrogens with one attached hydrogen (secondary N) is 2. The van der Waals surface area contributed by atoms with E-state index in [1.54, 1.807) is 0 Å². The van der Waals surface area contributed by atoms with Gasteiger partial charge in [-0.2, -0.15) is 0 Å². The maximum Gasteiger partial charge on any atom is 0.269 e. The fourth-order valence-corrected chi connectivity index (χ4v) is 2.17. The molecule has 0 aliphatic heterocycles. The van der Waals surface area contributed by atoms with Crippen LogP contribution < -0.4 is 15.4 Å². The van der Waals surface area contributed by atoms with Gasteiger partial charge in [0.1, 0.15) is 5.75 Å². The molecule has 0 heterocycles. The monoisotopic (exact) mass is 353 g/mol. The van der Waals surface area contributed by atoms with Gasteiger partial charge in [-0.05, 0) is 30.8 Å². The maximum atomic E-state index is 11.7. The van der Waals surface area contributed by atoms with Crippen LogP contribution in [-0.4, -0.2) is 29.1 Å². The highest BCUT2D eigenvalue weighted by Gasteiger charge is 2.07. The second kappa shape index (κ2) is 11.3. The Morgan fingerprint density at radius 1 is 1.21 bits per heavy atom. The summed E-state index contributed by atoms with van der Waals surface area (Å²) in [4.78, 5) is 21.7. The van der Waals surface area contributed by atoms with Gasteiger partial charge in [-0.1, -0.05) is 32.6 Å². The summed E-state index contributed by atoms with van der Waals surface area (Å²) < 4.78 is 5.25. The molecule has 7 nitrogen and oxygen atoms in total. The van der Waals surface area contributed by atoms with Crippen LogP contribution in [0.3, 0.4) is 0 Å². The third kappa shape index (κ3) is 8.42. The summed E-state index contributed by atoms with van der Waals surface area (Å²) in [6.07, 6.45) is 5.80. The van der Waals surface area contributed by atoms with Crippen molar-refractivity contribution in [2.45, 2.75) is 39.0 Å². The number of nitro groups is 1. The molecule has 0 aromatic heterocycles. The summed E-state index contributed by atoms with van der Waals surface area (Å²) in [5.41, 5.74) is -0.0314. The Kier molecular flexibility index (Phi) is 9.36. The molecule has 0 aliphatic rings. The molecule has 132 valence electrons. The zero-order valence-electron chi connectivity index (χ0n) is 13.7. The average molecular weight is 353 g/mol. The number of ether oxygens (including phenoxy) is 1. The molecular weight excluding hydrogens is 330 g/mol. The standard InChI is InChI=1S/C16H23N3O4S/c1-2-3-4-5-6-11-17-16(24)18-15(20)12-23-14-9-7-13(8-10-14)19(21)22/h7-10H,2-6,11-12H2,1H3,(H2,17,18,20,24). The van der Waals surface area contributed by atoms with Crippen molar-refractivity contribution in [1.82, 2.24) is 10.6 Å². The number of amides is 1. The molecule has 24 heavy (non-hydrogen) atoms. The Hall–Kier alpha value is -2.22. The highest BCUT2D eigenvalue weighted by Crippen LogP contribution is 2.16. The van der Waals surface area contributed by atoms with Crippen LogP contribution in [0.5, 0.6) is 5.75 Å². The van der Waals surface area contributed by atoms with Gasteiger partial charge in [-0.3, -0.25) is 14.9 Å². The lowest BCUT2D eigenvalue weighted by molar-refractivity contribution is -0.384. The van der Waals surface area contributed by atoms with E-state index in [9.17, 15) is 14.9 Å². The number of rotatable bonds is 10. The first-order chi connectivity index (χ1) is 11.5. The molecule has 0 atom stereocenters. The van der Waals surface area contributed by atoms with E-state index in [1.807, 2.05) is 0 Å². The maximum absolute atomic E-state index is 11.7. The van der Waals surface area contributed by atoms with Gasteiger partial charge in [-0.25, -0.2) is 0 Å². The lowest BCUT2D eigenvalue weighted by Gasteiger charge is -2.10. The minimum atomic E-state index is -0.497. The molecule has 1 aromatic carbocycles. The molecule has 8 heteroatoms. The second-order valence-corrected chi connectivity index (χ2v) is 5.67. The fraction of sp³-hybridized carbons (Fsp3) is 0.500. The number of hydrogen-bond donors (Lipinski definition) is 2. The number of thiocarbonyl (C=S) groups is 1. The van der Waals surface area contributed by atoms with Crippen LogP contribution in [0.1, 0.15) is 39.0 Å². The zero-order chi connectivity index (χ0) is 17.8. The lowest BCUT2D eigenvalue weighted by atomic mass is 10.1.